The Morgan fingerprint density at radius 3 is 2.36 bits per heavy atom. The molecule has 0 fully saturated rings. The minimum absolute atomic E-state index is 0.575. The van der Waals surface area contributed by atoms with Crippen molar-refractivity contribution in [1.29, 1.82) is 5.39 Å². The largest absolute Gasteiger partial charge is 0.385 e. The van der Waals surface area contributed by atoms with Crippen molar-refractivity contribution >= 4 is 5.69 Å². The van der Waals surface area contributed by atoms with Crippen LogP contribution in [-0.4, -0.2) is 6.54 Å². The summed E-state index contributed by atoms with van der Waals surface area (Å²) in [7, 11) is 0. The highest BCUT2D eigenvalue weighted by atomic mass is 14.8. The minimum Gasteiger partial charge on any atom is -0.330 e. The van der Waals surface area contributed by atoms with E-state index in [1.54, 1.807) is 12.1 Å². The lowest BCUT2D eigenvalue weighted by Gasteiger charge is -1.93. The predicted molar refractivity (Wildman–Crippen MR) is 43.9 cm³/mol. The van der Waals surface area contributed by atoms with Crippen molar-refractivity contribution in [3.63, 3.8) is 0 Å². The van der Waals surface area contributed by atoms with Crippen molar-refractivity contribution in [2.24, 2.45) is 5.73 Å². The van der Waals surface area contributed by atoms with Gasteiger partial charge in [0.05, 0.1) is 0 Å². The molecule has 0 aliphatic heterocycles. The molecule has 0 unspecified atom stereocenters. The first-order valence-electron chi connectivity index (χ1n) is 3.51. The van der Waals surface area contributed by atoms with Gasteiger partial charge in [0, 0.05) is 12.1 Å². The van der Waals surface area contributed by atoms with E-state index in [4.69, 9.17) is 11.1 Å². The molecular formula is C8H10N3+. The fraction of sp³-hybridized carbons (Fsp3) is 0.250. The minimum atomic E-state index is 0.575. The zero-order chi connectivity index (χ0) is 8.10. The smallest absolute Gasteiger partial charge is 0.330 e. The highest BCUT2D eigenvalue weighted by Crippen LogP contribution is 2.12. The van der Waals surface area contributed by atoms with E-state index in [1.807, 2.05) is 12.1 Å². The maximum Gasteiger partial charge on any atom is 0.385 e. The lowest BCUT2D eigenvalue weighted by atomic mass is 10.1. The van der Waals surface area contributed by atoms with Gasteiger partial charge in [-0.05, 0) is 18.5 Å². The Balaban J connectivity index is 2.76. The molecule has 1 rings (SSSR count). The quantitative estimate of drug-likeness (QED) is 0.648. The first-order chi connectivity index (χ1) is 5.36. The fourth-order valence-electron chi connectivity index (χ4n) is 0.896. The fourth-order valence-corrected chi connectivity index (χ4v) is 0.896. The Hall–Kier alpha value is -1.40. The van der Waals surface area contributed by atoms with Crippen molar-refractivity contribution in [3.05, 3.63) is 34.8 Å². The Morgan fingerprint density at radius 2 is 1.91 bits per heavy atom. The Kier molecular flexibility index (Phi) is 2.59. The summed E-state index contributed by atoms with van der Waals surface area (Å²) in [6, 6.07) is 7.32. The summed E-state index contributed by atoms with van der Waals surface area (Å²) in [4.78, 5) is 3.04. The third kappa shape index (κ3) is 2.03. The second-order valence-electron chi connectivity index (χ2n) is 2.31. The Labute approximate surface area is 65.5 Å². The molecule has 1 aromatic rings. The van der Waals surface area contributed by atoms with E-state index in [2.05, 4.69) is 4.98 Å². The van der Waals surface area contributed by atoms with Crippen molar-refractivity contribution in [2.75, 3.05) is 6.54 Å². The Morgan fingerprint density at radius 1 is 1.27 bits per heavy atom. The number of benzene rings is 1. The van der Waals surface area contributed by atoms with Crippen LogP contribution in [0, 0.1) is 5.39 Å². The molecule has 11 heavy (non-hydrogen) atoms. The van der Waals surface area contributed by atoms with E-state index in [-0.39, 0.29) is 0 Å². The molecule has 0 saturated carbocycles. The third-order valence-electron chi connectivity index (χ3n) is 1.48. The molecule has 0 amide bonds. The van der Waals surface area contributed by atoms with Gasteiger partial charge in [0.15, 0.2) is 4.98 Å². The normalized spacial score (nSPS) is 9.09. The highest BCUT2D eigenvalue weighted by Gasteiger charge is 2.01. The summed E-state index contributed by atoms with van der Waals surface area (Å²) in [5.74, 6) is 0. The average molecular weight is 148 g/mol. The van der Waals surface area contributed by atoms with Gasteiger partial charge in [-0.15, -0.1) is 0 Å². The maximum atomic E-state index is 8.36. The number of hydrogen-bond donors (Lipinski definition) is 1. The summed E-state index contributed by atoms with van der Waals surface area (Å²) in [6.45, 7) is 0.648. The standard InChI is InChI=1S/C8H10N3/c9-6-5-7-1-3-8(11-10)4-2-7/h1-4H,5-6,9H2/q+1. The van der Waals surface area contributed by atoms with E-state index in [1.165, 1.54) is 5.56 Å². The molecule has 0 radical (unpaired) electrons. The molecule has 0 heterocycles. The van der Waals surface area contributed by atoms with Crippen LogP contribution in [0.25, 0.3) is 4.98 Å². The van der Waals surface area contributed by atoms with Gasteiger partial charge >= 0.3 is 5.69 Å². The van der Waals surface area contributed by atoms with Gasteiger partial charge in [0.25, 0.3) is 0 Å². The lowest BCUT2D eigenvalue weighted by Crippen LogP contribution is -2.01. The van der Waals surface area contributed by atoms with E-state index in [0.717, 1.165) is 6.42 Å². The molecule has 1 aromatic carbocycles. The van der Waals surface area contributed by atoms with E-state index in [0.29, 0.717) is 12.2 Å². The molecule has 3 nitrogen and oxygen atoms in total. The second kappa shape index (κ2) is 3.69. The van der Waals surface area contributed by atoms with Crippen LogP contribution in [0.3, 0.4) is 0 Å². The lowest BCUT2D eigenvalue weighted by molar-refractivity contribution is 0.969. The van der Waals surface area contributed by atoms with Crippen molar-refractivity contribution in [1.82, 2.24) is 0 Å². The summed E-state index contributed by atoms with van der Waals surface area (Å²) in [6.07, 6.45) is 0.867. The zero-order valence-corrected chi connectivity index (χ0v) is 6.20. The monoisotopic (exact) mass is 148 g/mol. The van der Waals surface area contributed by atoms with Crippen LogP contribution in [0.4, 0.5) is 5.69 Å². The van der Waals surface area contributed by atoms with Gasteiger partial charge in [0.2, 0.25) is 5.39 Å². The zero-order valence-electron chi connectivity index (χ0n) is 6.20. The van der Waals surface area contributed by atoms with Crippen LogP contribution in [-0.2, 0) is 6.42 Å². The molecule has 0 saturated heterocycles. The van der Waals surface area contributed by atoms with Crippen molar-refractivity contribution < 1.29 is 0 Å². The molecule has 2 N–H and O–H groups in total. The number of hydrogen-bond acceptors (Lipinski definition) is 2. The molecular weight excluding hydrogens is 138 g/mol. The summed E-state index contributed by atoms with van der Waals surface area (Å²) in [5, 5.41) is 8.36. The van der Waals surface area contributed by atoms with Crippen LogP contribution in [0.15, 0.2) is 24.3 Å². The van der Waals surface area contributed by atoms with Crippen LogP contribution < -0.4 is 5.73 Å². The van der Waals surface area contributed by atoms with Gasteiger partial charge in [-0.1, -0.05) is 12.1 Å². The molecule has 0 aliphatic rings. The molecule has 0 aromatic heterocycles. The van der Waals surface area contributed by atoms with Crippen LogP contribution in [0.2, 0.25) is 0 Å². The molecule has 3 heteroatoms. The molecule has 56 valence electrons. The number of rotatable bonds is 2. The topological polar surface area (TPSA) is 54.2 Å². The van der Waals surface area contributed by atoms with Crippen LogP contribution >= 0.6 is 0 Å². The van der Waals surface area contributed by atoms with Gasteiger partial charge in [-0.25, -0.2) is 0 Å². The Bertz CT molecular complexity index is 258. The van der Waals surface area contributed by atoms with Crippen molar-refractivity contribution in [3.8, 4) is 0 Å². The summed E-state index contributed by atoms with van der Waals surface area (Å²) < 4.78 is 0. The number of nitrogens with two attached hydrogens (primary N) is 1. The molecule has 0 bridgehead atoms. The number of diazo groups is 1. The van der Waals surface area contributed by atoms with E-state index < -0.39 is 0 Å². The van der Waals surface area contributed by atoms with Gasteiger partial charge < -0.3 is 5.73 Å². The van der Waals surface area contributed by atoms with Crippen LogP contribution in [0.1, 0.15) is 5.56 Å². The van der Waals surface area contributed by atoms with Gasteiger partial charge in [-0.3, -0.25) is 0 Å². The maximum absolute atomic E-state index is 8.36. The second-order valence-corrected chi connectivity index (χ2v) is 2.31. The third-order valence-corrected chi connectivity index (χ3v) is 1.48. The van der Waals surface area contributed by atoms with Gasteiger partial charge in [0.1, 0.15) is 0 Å². The predicted octanol–water partition coefficient (Wildman–Crippen LogP) is 1.67. The molecule has 0 atom stereocenters. The van der Waals surface area contributed by atoms with E-state index >= 15 is 0 Å². The molecule has 0 aliphatic carbocycles. The first kappa shape index (κ1) is 7.70. The SMILES string of the molecule is N#[N+]c1ccc(CCN)cc1. The van der Waals surface area contributed by atoms with Gasteiger partial charge in [-0.2, -0.15) is 0 Å². The molecule has 0 spiro atoms. The van der Waals surface area contributed by atoms with Crippen molar-refractivity contribution in [2.45, 2.75) is 6.42 Å². The van der Waals surface area contributed by atoms with E-state index in [9.17, 15) is 0 Å². The van der Waals surface area contributed by atoms with Crippen LogP contribution in [0.5, 0.6) is 0 Å². The summed E-state index contributed by atoms with van der Waals surface area (Å²) >= 11 is 0. The summed E-state index contributed by atoms with van der Waals surface area (Å²) in [5.41, 5.74) is 7.10. The average Bonchev–Trinajstić information content (AvgIpc) is 2.07. The number of nitrogens with zero attached hydrogens (tertiary/aromatic N) is 2. The first-order valence-corrected chi connectivity index (χ1v) is 3.51. The highest BCUT2D eigenvalue weighted by molar-refractivity contribution is 5.44.